The van der Waals surface area contributed by atoms with Crippen LogP contribution in [0.1, 0.15) is 17.6 Å². The zero-order chi connectivity index (χ0) is 12.3. The van der Waals surface area contributed by atoms with Crippen LogP contribution in [-0.4, -0.2) is 48.0 Å². The normalized spacial score (nSPS) is 21.6. The predicted molar refractivity (Wildman–Crippen MR) is 67.4 cm³/mol. The Hall–Kier alpha value is -0.780. The number of nitrogens with zero attached hydrogens (tertiary/aromatic N) is 2. The van der Waals surface area contributed by atoms with E-state index < -0.39 is 0 Å². The highest BCUT2D eigenvalue weighted by molar-refractivity contribution is 7.09. The molecule has 1 atom stereocenters. The molecule has 0 saturated carbocycles. The molecule has 0 amide bonds. The van der Waals surface area contributed by atoms with Crippen LogP contribution in [0.15, 0.2) is 5.38 Å². The first-order valence-electron chi connectivity index (χ1n) is 5.96. The minimum Gasteiger partial charge on any atom is -0.368 e. The van der Waals surface area contributed by atoms with Crippen LogP contribution >= 0.6 is 11.3 Å². The van der Waals surface area contributed by atoms with E-state index >= 15 is 0 Å². The van der Waals surface area contributed by atoms with E-state index in [0.717, 1.165) is 30.3 Å². The molecule has 2 rings (SSSR count). The molecule has 1 aliphatic heterocycles. The van der Waals surface area contributed by atoms with Crippen LogP contribution < -0.4 is 0 Å². The van der Waals surface area contributed by atoms with E-state index in [0.29, 0.717) is 13.0 Å². The molecule has 0 aromatic carbocycles. The number of ether oxygens (including phenoxy) is 1. The van der Waals surface area contributed by atoms with Crippen molar-refractivity contribution in [3.63, 3.8) is 0 Å². The number of morpholine rings is 1. The minimum absolute atomic E-state index is 0.147. The number of hydrogen-bond donors (Lipinski definition) is 0. The average Bonchev–Trinajstić information content (AvgIpc) is 2.75. The van der Waals surface area contributed by atoms with Crippen LogP contribution in [0, 0.1) is 6.92 Å². The molecule has 0 radical (unpaired) electrons. The fourth-order valence-electron chi connectivity index (χ4n) is 1.97. The van der Waals surface area contributed by atoms with Crippen molar-refractivity contribution in [2.24, 2.45) is 0 Å². The highest BCUT2D eigenvalue weighted by Crippen LogP contribution is 2.12. The maximum Gasteiger partial charge on any atom is 0.168 e. The summed E-state index contributed by atoms with van der Waals surface area (Å²) < 4.78 is 5.54. The number of carbonyl (C=O) groups is 1. The molecule has 1 fully saturated rings. The van der Waals surface area contributed by atoms with Crippen LogP contribution in [0.4, 0.5) is 0 Å². The molecule has 4 nitrogen and oxygen atoms in total. The zero-order valence-electron chi connectivity index (χ0n) is 10.3. The largest absolute Gasteiger partial charge is 0.368 e. The van der Waals surface area contributed by atoms with Gasteiger partial charge in [-0.2, -0.15) is 0 Å². The summed E-state index contributed by atoms with van der Waals surface area (Å²) in [6.45, 7) is 7.34. The Kier molecular flexibility index (Phi) is 4.25. The number of ketones is 1. The van der Waals surface area contributed by atoms with Gasteiger partial charge in [0, 0.05) is 18.5 Å². The number of aryl methyl sites for hydroxylation is 1. The molecule has 1 aromatic rings. The van der Waals surface area contributed by atoms with Crippen molar-refractivity contribution in [1.29, 1.82) is 0 Å². The molecular formula is C12H18N2O2S. The van der Waals surface area contributed by atoms with Crippen molar-refractivity contribution in [2.75, 3.05) is 26.2 Å². The molecule has 17 heavy (non-hydrogen) atoms. The molecule has 0 spiro atoms. The monoisotopic (exact) mass is 254 g/mol. The second kappa shape index (κ2) is 5.71. The Labute approximate surface area is 106 Å². The maximum atomic E-state index is 12.1. The van der Waals surface area contributed by atoms with Gasteiger partial charge in [0.05, 0.1) is 23.7 Å². The van der Waals surface area contributed by atoms with Gasteiger partial charge in [-0.3, -0.25) is 9.69 Å². The molecule has 2 heterocycles. The number of likely N-dealkylation sites (N-methyl/N-ethyl adjacent to an activating group) is 1. The van der Waals surface area contributed by atoms with Gasteiger partial charge in [-0.1, -0.05) is 6.92 Å². The van der Waals surface area contributed by atoms with Crippen LogP contribution in [0.3, 0.4) is 0 Å². The summed E-state index contributed by atoms with van der Waals surface area (Å²) >= 11 is 1.58. The Morgan fingerprint density at radius 2 is 2.53 bits per heavy atom. The van der Waals surface area contributed by atoms with Crippen molar-refractivity contribution in [2.45, 2.75) is 26.4 Å². The van der Waals surface area contributed by atoms with Gasteiger partial charge < -0.3 is 4.74 Å². The van der Waals surface area contributed by atoms with Crippen molar-refractivity contribution in [1.82, 2.24) is 9.88 Å². The van der Waals surface area contributed by atoms with Crippen molar-refractivity contribution in [3.8, 4) is 0 Å². The quantitative estimate of drug-likeness (QED) is 0.812. The standard InChI is InChI=1S/C12H18N2O2S/c1-3-14-4-5-16-12(7-14)11(15)6-10-8-17-9(2)13-10/h8,12H,3-7H2,1-2H3. The van der Waals surface area contributed by atoms with Gasteiger partial charge in [0.1, 0.15) is 6.10 Å². The van der Waals surface area contributed by atoms with E-state index in [9.17, 15) is 4.79 Å². The van der Waals surface area contributed by atoms with Gasteiger partial charge in [-0.25, -0.2) is 4.98 Å². The van der Waals surface area contributed by atoms with Crippen molar-refractivity contribution in [3.05, 3.63) is 16.1 Å². The Morgan fingerprint density at radius 3 is 3.18 bits per heavy atom. The topological polar surface area (TPSA) is 42.4 Å². The third-order valence-corrected chi connectivity index (χ3v) is 3.80. The molecular weight excluding hydrogens is 236 g/mol. The van der Waals surface area contributed by atoms with Crippen LogP contribution in [0.2, 0.25) is 0 Å². The van der Waals surface area contributed by atoms with Crippen LogP contribution in [-0.2, 0) is 16.0 Å². The van der Waals surface area contributed by atoms with Crippen LogP contribution in [0.25, 0.3) is 0 Å². The Morgan fingerprint density at radius 1 is 1.71 bits per heavy atom. The number of hydrogen-bond acceptors (Lipinski definition) is 5. The van der Waals surface area contributed by atoms with E-state index in [-0.39, 0.29) is 11.9 Å². The second-order valence-corrected chi connectivity index (χ2v) is 5.32. The molecule has 1 unspecified atom stereocenters. The summed E-state index contributed by atoms with van der Waals surface area (Å²) in [5.74, 6) is 0.147. The van der Waals surface area contributed by atoms with E-state index in [1.807, 2.05) is 12.3 Å². The van der Waals surface area contributed by atoms with Gasteiger partial charge in [0.25, 0.3) is 0 Å². The smallest absolute Gasteiger partial charge is 0.168 e. The lowest BCUT2D eigenvalue weighted by atomic mass is 10.1. The predicted octanol–water partition coefficient (Wildman–Crippen LogP) is 1.28. The second-order valence-electron chi connectivity index (χ2n) is 4.25. The lowest BCUT2D eigenvalue weighted by Crippen LogP contribution is -2.46. The highest BCUT2D eigenvalue weighted by atomic mass is 32.1. The summed E-state index contributed by atoms with van der Waals surface area (Å²) in [6, 6.07) is 0. The molecule has 94 valence electrons. The summed E-state index contributed by atoms with van der Waals surface area (Å²) in [6.07, 6.45) is 0.123. The van der Waals surface area contributed by atoms with Gasteiger partial charge in [-0.15, -0.1) is 11.3 Å². The first kappa shape index (κ1) is 12.7. The van der Waals surface area contributed by atoms with Crippen molar-refractivity contribution < 1.29 is 9.53 Å². The Balaban J connectivity index is 1.91. The van der Waals surface area contributed by atoms with E-state index in [2.05, 4.69) is 16.8 Å². The van der Waals surface area contributed by atoms with Crippen molar-refractivity contribution >= 4 is 17.1 Å². The summed E-state index contributed by atoms with van der Waals surface area (Å²) in [7, 11) is 0. The van der Waals surface area contributed by atoms with Gasteiger partial charge >= 0.3 is 0 Å². The number of thiazole rings is 1. The van der Waals surface area contributed by atoms with E-state index in [4.69, 9.17) is 4.74 Å². The van der Waals surface area contributed by atoms with Gasteiger partial charge in [0.15, 0.2) is 5.78 Å². The third-order valence-electron chi connectivity index (χ3n) is 2.98. The zero-order valence-corrected chi connectivity index (χ0v) is 11.1. The van der Waals surface area contributed by atoms with E-state index in [1.165, 1.54) is 0 Å². The summed E-state index contributed by atoms with van der Waals surface area (Å²) in [5.41, 5.74) is 0.870. The molecule has 1 aromatic heterocycles. The molecule has 1 aliphatic rings. The van der Waals surface area contributed by atoms with Crippen LogP contribution in [0.5, 0.6) is 0 Å². The first-order valence-corrected chi connectivity index (χ1v) is 6.84. The maximum absolute atomic E-state index is 12.1. The molecule has 5 heteroatoms. The lowest BCUT2D eigenvalue weighted by molar-refractivity contribution is -0.135. The van der Waals surface area contributed by atoms with Gasteiger partial charge in [-0.05, 0) is 13.5 Å². The summed E-state index contributed by atoms with van der Waals surface area (Å²) in [4.78, 5) is 18.6. The highest BCUT2D eigenvalue weighted by Gasteiger charge is 2.26. The number of carbonyl (C=O) groups excluding carboxylic acids is 1. The SMILES string of the molecule is CCN1CCOC(C(=O)Cc2csc(C)n2)C1. The number of aromatic nitrogens is 1. The number of Topliss-reactive ketones (excluding diaryl/α,β-unsaturated/α-hetero) is 1. The molecule has 1 saturated heterocycles. The first-order chi connectivity index (χ1) is 8.19. The molecule has 0 aliphatic carbocycles. The summed E-state index contributed by atoms with van der Waals surface area (Å²) in [5, 5.41) is 2.96. The molecule has 0 N–H and O–H groups in total. The fraction of sp³-hybridized carbons (Fsp3) is 0.667. The van der Waals surface area contributed by atoms with Gasteiger partial charge in [0.2, 0.25) is 0 Å². The lowest BCUT2D eigenvalue weighted by Gasteiger charge is -2.31. The Bertz CT molecular complexity index is 392. The average molecular weight is 254 g/mol. The fourth-order valence-corrected chi connectivity index (χ4v) is 2.58. The number of rotatable bonds is 4. The minimum atomic E-state index is -0.272. The third kappa shape index (κ3) is 3.34. The molecule has 0 bridgehead atoms. The van der Waals surface area contributed by atoms with E-state index in [1.54, 1.807) is 11.3 Å².